The number of carbonyl (C=O) groups excluding carboxylic acids is 1. The van der Waals surface area contributed by atoms with Crippen molar-refractivity contribution in [3.63, 3.8) is 0 Å². The largest absolute Gasteiger partial charge is 0.493 e. The van der Waals surface area contributed by atoms with Crippen LogP contribution in [0, 0.1) is 17.2 Å². The Morgan fingerprint density at radius 2 is 1.97 bits per heavy atom. The lowest BCUT2D eigenvalue weighted by atomic mass is 9.73. The zero-order valence-corrected chi connectivity index (χ0v) is 20.0. The van der Waals surface area contributed by atoms with Crippen LogP contribution in [0.15, 0.2) is 24.3 Å². The van der Waals surface area contributed by atoms with Crippen LogP contribution in [0.2, 0.25) is 0 Å². The van der Waals surface area contributed by atoms with E-state index < -0.39 is 11.4 Å². The lowest BCUT2D eigenvalue weighted by Crippen LogP contribution is -2.53. The summed E-state index contributed by atoms with van der Waals surface area (Å²) in [5.74, 6) is 0.0803. The molecule has 0 bridgehead atoms. The predicted molar refractivity (Wildman–Crippen MR) is 126 cm³/mol. The molecule has 33 heavy (non-hydrogen) atoms. The first-order valence-corrected chi connectivity index (χ1v) is 12.3. The number of nitrogens with zero attached hydrogens (tertiary/aromatic N) is 3. The van der Waals surface area contributed by atoms with Crippen molar-refractivity contribution in [2.45, 2.75) is 69.7 Å². The summed E-state index contributed by atoms with van der Waals surface area (Å²) in [7, 11) is 2.13. The van der Waals surface area contributed by atoms with Gasteiger partial charge in [-0.05, 0) is 58.2 Å². The smallest absolute Gasteiger partial charge is 0.303 e. The first kappa shape index (κ1) is 25.0. The number of para-hydroxylation sites is 1. The topological polar surface area (TPSA) is 93.9 Å². The highest BCUT2D eigenvalue weighted by molar-refractivity contribution is 5.80. The van der Waals surface area contributed by atoms with Crippen molar-refractivity contribution in [1.82, 2.24) is 9.80 Å². The molecule has 180 valence electrons. The fourth-order valence-corrected chi connectivity index (χ4v) is 5.41. The average molecular weight is 456 g/mol. The van der Waals surface area contributed by atoms with Crippen LogP contribution in [-0.4, -0.2) is 66.1 Å². The lowest BCUT2D eigenvalue weighted by Gasteiger charge is -2.43. The summed E-state index contributed by atoms with van der Waals surface area (Å²) < 4.78 is 5.89. The molecule has 7 nitrogen and oxygen atoms in total. The molecule has 7 heteroatoms. The summed E-state index contributed by atoms with van der Waals surface area (Å²) in [6.45, 7) is 4.66. The number of rotatable bonds is 9. The minimum Gasteiger partial charge on any atom is -0.493 e. The first-order valence-electron chi connectivity index (χ1n) is 12.3. The molecule has 0 radical (unpaired) electrons. The Bertz CT molecular complexity index is 857. The van der Waals surface area contributed by atoms with Crippen LogP contribution < -0.4 is 4.74 Å². The number of benzene rings is 1. The molecule has 1 aromatic carbocycles. The Kier molecular flexibility index (Phi) is 8.74. The Morgan fingerprint density at radius 1 is 1.24 bits per heavy atom. The number of nitriles is 1. The molecule has 0 saturated carbocycles. The van der Waals surface area contributed by atoms with Gasteiger partial charge in [-0.1, -0.05) is 31.5 Å². The zero-order chi connectivity index (χ0) is 23.8. The quantitative estimate of drug-likeness (QED) is 0.569. The average Bonchev–Trinajstić information content (AvgIpc) is 2.83. The van der Waals surface area contributed by atoms with Crippen molar-refractivity contribution >= 4 is 11.9 Å². The first-order chi connectivity index (χ1) is 15.9. The van der Waals surface area contributed by atoms with Crippen LogP contribution in [0.4, 0.5) is 0 Å². The van der Waals surface area contributed by atoms with Gasteiger partial charge in [0.25, 0.3) is 0 Å². The molecule has 2 aliphatic heterocycles. The maximum absolute atomic E-state index is 13.5. The maximum atomic E-state index is 13.5. The molecule has 0 spiro atoms. The summed E-state index contributed by atoms with van der Waals surface area (Å²) in [6.07, 6.45) is 5.72. The van der Waals surface area contributed by atoms with E-state index in [0.717, 1.165) is 37.8 Å². The van der Waals surface area contributed by atoms with Gasteiger partial charge in [-0.3, -0.25) is 9.59 Å². The van der Waals surface area contributed by atoms with E-state index in [0.29, 0.717) is 50.8 Å². The van der Waals surface area contributed by atoms with Gasteiger partial charge in [0.1, 0.15) is 5.75 Å². The number of piperidine rings is 2. The summed E-state index contributed by atoms with van der Waals surface area (Å²) in [5, 5.41) is 19.0. The third-order valence-electron chi connectivity index (χ3n) is 7.30. The molecule has 0 aromatic heterocycles. The van der Waals surface area contributed by atoms with Gasteiger partial charge in [-0.2, -0.15) is 5.26 Å². The second kappa shape index (κ2) is 11.5. The van der Waals surface area contributed by atoms with Gasteiger partial charge >= 0.3 is 5.97 Å². The van der Waals surface area contributed by atoms with Gasteiger partial charge in [0.2, 0.25) is 5.91 Å². The number of amides is 1. The second-order valence-corrected chi connectivity index (χ2v) is 9.45. The number of hydrogen-bond donors (Lipinski definition) is 1. The fraction of sp³-hybridized carbons (Fsp3) is 0.654. The zero-order valence-electron chi connectivity index (χ0n) is 20.0. The van der Waals surface area contributed by atoms with E-state index in [1.807, 2.05) is 29.2 Å². The molecule has 2 heterocycles. The molecule has 2 fully saturated rings. The van der Waals surface area contributed by atoms with Crippen LogP contribution in [0.1, 0.15) is 63.9 Å². The SMILES string of the molecule is CCCC1C(C(=O)N2CCC(C#N)(c3ccccc3OCCCC(=O)O)CC2)CCCN1C. The van der Waals surface area contributed by atoms with Crippen molar-refractivity contribution in [2.75, 3.05) is 33.3 Å². The normalized spacial score (nSPS) is 23.0. The monoisotopic (exact) mass is 455 g/mol. The lowest BCUT2D eigenvalue weighted by molar-refractivity contribution is -0.141. The highest BCUT2D eigenvalue weighted by Gasteiger charge is 2.42. The highest BCUT2D eigenvalue weighted by Crippen LogP contribution is 2.40. The number of carboxylic acids is 1. The molecule has 0 aliphatic carbocycles. The Balaban J connectivity index is 1.68. The number of carbonyl (C=O) groups is 2. The second-order valence-electron chi connectivity index (χ2n) is 9.45. The highest BCUT2D eigenvalue weighted by atomic mass is 16.5. The number of aliphatic carboxylic acids is 1. The van der Waals surface area contributed by atoms with Crippen LogP contribution in [0.3, 0.4) is 0 Å². The van der Waals surface area contributed by atoms with E-state index in [9.17, 15) is 14.9 Å². The fourth-order valence-electron chi connectivity index (χ4n) is 5.41. The Labute approximate surface area is 197 Å². The molecule has 2 aliphatic rings. The van der Waals surface area contributed by atoms with E-state index in [4.69, 9.17) is 9.84 Å². The van der Waals surface area contributed by atoms with Gasteiger partial charge in [0.15, 0.2) is 0 Å². The number of carboxylic acid groups (broad SMARTS) is 1. The summed E-state index contributed by atoms with van der Waals surface area (Å²) in [4.78, 5) is 28.5. The molecule has 2 saturated heterocycles. The van der Waals surface area contributed by atoms with Crippen molar-refractivity contribution in [2.24, 2.45) is 5.92 Å². The molecule has 1 amide bonds. The van der Waals surface area contributed by atoms with E-state index in [1.165, 1.54) is 0 Å². The van der Waals surface area contributed by atoms with E-state index in [2.05, 4.69) is 24.9 Å². The maximum Gasteiger partial charge on any atom is 0.303 e. The third kappa shape index (κ3) is 5.86. The van der Waals surface area contributed by atoms with Crippen molar-refractivity contribution in [3.05, 3.63) is 29.8 Å². The number of hydrogen-bond acceptors (Lipinski definition) is 5. The van der Waals surface area contributed by atoms with Crippen LogP contribution >= 0.6 is 0 Å². The van der Waals surface area contributed by atoms with Gasteiger partial charge in [-0.15, -0.1) is 0 Å². The minimum absolute atomic E-state index is 0.0446. The van der Waals surface area contributed by atoms with Crippen molar-refractivity contribution < 1.29 is 19.4 Å². The van der Waals surface area contributed by atoms with E-state index in [1.54, 1.807) is 0 Å². The summed E-state index contributed by atoms with van der Waals surface area (Å²) in [5.41, 5.74) is 0.142. The minimum atomic E-state index is -0.845. The van der Waals surface area contributed by atoms with Gasteiger partial charge in [0.05, 0.1) is 24.0 Å². The van der Waals surface area contributed by atoms with Crippen LogP contribution in [0.25, 0.3) is 0 Å². The summed E-state index contributed by atoms with van der Waals surface area (Å²) in [6, 6.07) is 10.4. The van der Waals surface area contributed by atoms with Gasteiger partial charge in [0, 0.05) is 31.1 Å². The Hall–Kier alpha value is -2.59. The van der Waals surface area contributed by atoms with Crippen LogP contribution in [-0.2, 0) is 15.0 Å². The molecular formula is C26H37N3O4. The molecule has 1 N–H and O–H groups in total. The molecule has 1 aromatic rings. The van der Waals surface area contributed by atoms with Gasteiger partial charge < -0.3 is 19.6 Å². The number of ether oxygens (including phenoxy) is 1. The molecule has 2 unspecified atom stereocenters. The van der Waals surface area contributed by atoms with Crippen molar-refractivity contribution in [1.29, 1.82) is 5.26 Å². The standard InChI is InChI=1S/C26H37N3O4/c1-3-8-22-20(9-6-15-28(22)2)25(32)29-16-13-26(19-27,14-17-29)21-10-4-5-11-23(21)33-18-7-12-24(30)31/h4-5,10-11,20,22H,3,6-9,12-18H2,1-2H3,(H,30,31). The summed E-state index contributed by atoms with van der Waals surface area (Å²) >= 11 is 0. The van der Waals surface area contributed by atoms with E-state index in [-0.39, 0.29) is 18.2 Å². The van der Waals surface area contributed by atoms with Crippen molar-refractivity contribution in [3.8, 4) is 11.8 Å². The predicted octanol–water partition coefficient (Wildman–Crippen LogP) is 3.82. The number of likely N-dealkylation sites (tertiary alicyclic amines) is 2. The third-order valence-corrected chi connectivity index (χ3v) is 7.30. The Morgan fingerprint density at radius 3 is 2.64 bits per heavy atom. The van der Waals surface area contributed by atoms with Crippen LogP contribution in [0.5, 0.6) is 5.75 Å². The molecular weight excluding hydrogens is 418 g/mol. The van der Waals surface area contributed by atoms with E-state index >= 15 is 0 Å². The van der Waals surface area contributed by atoms with Gasteiger partial charge in [-0.25, -0.2) is 0 Å². The molecule has 3 rings (SSSR count). The molecule has 2 atom stereocenters.